The lowest BCUT2D eigenvalue weighted by molar-refractivity contribution is 0.412. The van der Waals surface area contributed by atoms with Gasteiger partial charge in [0.15, 0.2) is 0 Å². The molecule has 2 nitrogen and oxygen atoms in total. The van der Waals surface area contributed by atoms with Crippen LogP contribution < -0.4 is 9.05 Å². The number of rotatable bonds is 0. The van der Waals surface area contributed by atoms with Gasteiger partial charge in [-0.2, -0.15) is 0 Å². The summed E-state index contributed by atoms with van der Waals surface area (Å²) in [5.74, 6) is 1.24. The predicted molar refractivity (Wildman–Crippen MR) is 144 cm³/mol. The van der Waals surface area contributed by atoms with Gasteiger partial charge in [-0.3, -0.25) is 0 Å². The molecule has 0 amide bonds. The van der Waals surface area contributed by atoms with Crippen molar-refractivity contribution in [3.05, 3.63) is 57.6 Å². The van der Waals surface area contributed by atoms with E-state index in [2.05, 4.69) is 114 Å². The molecule has 1 aliphatic rings. The molecule has 3 rings (SSSR count). The van der Waals surface area contributed by atoms with Gasteiger partial charge in [-0.1, -0.05) is 108 Å². The van der Waals surface area contributed by atoms with Crippen molar-refractivity contribution in [1.82, 2.24) is 0 Å². The van der Waals surface area contributed by atoms with Gasteiger partial charge < -0.3 is 9.05 Å². The van der Waals surface area contributed by atoms with E-state index in [-0.39, 0.29) is 27.6 Å². The van der Waals surface area contributed by atoms with Gasteiger partial charge in [-0.15, -0.1) is 4.20 Å². The molecule has 0 saturated carbocycles. The quantitative estimate of drug-likeness (QED) is 0.345. The summed E-state index contributed by atoms with van der Waals surface area (Å²) in [7, 11) is -2.61. The van der Waals surface area contributed by atoms with Crippen LogP contribution in [-0.2, 0) is 21.7 Å². The Kier molecular flexibility index (Phi) is 6.76. The van der Waals surface area contributed by atoms with Crippen LogP contribution in [0.1, 0.15) is 129 Å². The minimum atomic E-state index is -2.61. The Hall–Kier alpha value is -1.60. The number of halogens is 1. The zero-order chi connectivity index (χ0) is 26.0. The summed E-state index contributed by atoms with van der Waals surface area (Å²) in [6, 6.07) is 8.75. The van der Waals surface area contributed by atoms with Gasteiger partial charge in [0.05, 0.1) is 0 Å². The average molecular weight is 487 g/mol. The van der Waals surface area contributed by atoms with Crippen molar-refractivity contribution in [3.8, 4) is 11.5 Å². The fourth-order valence-corrected chi connectivity index (χ4v) is 5.35. The standard InChI is InChI=1S/C30H44FO2P/c1-18-20-16-22(28(5,6)7)23(29(8,9)10)17-25(20)32-34(31)33-26-21(18)14-19(27(2,3)4)15-24(26)30(11,12)13/h14-18H,1-13H3. The normalized spacial score (nSPS) is 19.4. The number of hydrogen-bond acceptors (Lipinski definition) is 2. The van der Waals surface area contributed by atoms with E-state index in [0.29, 0.717) is 11.5 Å². The number of fused-ring (bicyclic) bond motifs is 2. The maximum Gasteiger partial charge on any atom is 0.505 e. The molecule has 0 saturated heterocycles. The summed E-state index contributed by atoms with van der Waals surface area (Å²) in [4.78, 5) is 0. The van der Waals surface area contributed by atoms with E-state index in [4.69, 9.17) is 9.05 Å². The Balaban J connectivity index is 2.40. The first-order valence-corrected chi connectivity index (χ1v) is 13.5. The lowest BCUT2D eigenvalue weighted by Crippen LogP contribution is -2.24. The van der Waals surface area contributed by atoms with E-state index < -0.39 is 8.69 Å². The minimum absolute atomic E-state index is 0.00721. The Labute approximate surface area is 208 Å². The van der Waals surface area contributed by atoms with Crippen LogP contribution in [0.25, 0.3) is 0 Å². The monoisotopic (exact) mass is 486 g/mol. The molecular weight excluding hydrogens is 442 g/mol. The zero-order valence-electron chi connectivity index (χ0n) is 23.5. The first kappa shape index (κ1) is 27.0. The summed E-state index contributed by atoms with van der Waals surface area (Å²) in [6.45, 7) is 28.7. The van der Waals surface area contributed by atoms with Crippen LogP contribution in [-0.4, -0.2) is 0 Å². The van der Waals surface area contributed by atoms with Crippen molar-refractivity contribution in [2.24, 2.45) is 0 Å². The van der Waals surface area contributed by atoms with E-state index in [0.717, 1.165) is 16.7 Å². The molecule has 34 heavy (non-hydrogen) atoms. The van der Waals surface area contributed by atoms with Crippen LogP contribution in [0.4, 0.5) is 4.20 Å². The van der Waals surface area contributed by atoms with Gasteiger partial charge in [0.25, 0.3) is 0 Å². The third kappa shape index (κ3) is 5.30. The van der Waals surface area contributed by atoms with Gasteiger partial charge in [0.2, 0.25) is 0 Å². The highest BCUT2D eigenvalue weighted by molar-refractivity contribution is 7.42. The maximum atomic E-state index is 15.4. The summed E-state index contributed by atoms with van der Waals surface area (Å²) >= 11 is 0. The molecule has 0 fully saturated rings. The van der Waals surface area contributed by atoms with Crippen molar-refractivity contribution in [1.29, 1.82) is 0 Å². The Bertz CT molecular complexity index is 1080. The van der Waals surface area contributed by atoms with E-state index in [1.165, 1.54) is 16.7 Å². The van der Waals surface area contributed by atoms with Crippen molar-refractivity contribution >= 4 is 8.69 Å². The van der Waals surface area contributed by atoms with Gasteiger partial charge in [0.1, 0.15) is 11.5 Å². The summed E-state index contributed by atoms with van der Waals surface area (Å²) in [6.07, 6.45) is 0. The highest BCUT2D eigenvalue weighted by Gasteiger charge is 2.36. The molecular formula is C30H44FO2P. The van der Waals surface area contributed by atoms with Crippen LogP contribution in [0.5, 0.6) is 11.5 Å². The van der Waals surface area contributed by atoms with Crippen molar-refractivity contribution < 1.29 is 13.2 Å². The van der Waals surface area contributed by atoms with Crippen LogP contribution in [0.2, 0.25) is 0 Å². The molecule has 0 aromatic heterocycles. The van der Waals surface area contributed by atoms with E-state index >= 15 is 4.20 Å². The first-order valence-electron chi connectivity index (χ1n) is 12.4. The largest absolute Gasteiger partial charge is 0.505 e. The molecule has 0 bridgehead atoms. The molecule has 1 aliphatic heterocycles. The Morgan fingerprint density at radius 1 is 0.618 bits per heavy atom. The van der Waals surface area contributed by atoms with Crippen molar-refractivity contribution in [2.45, 2.75) is 118 Å². The first-order chi connectivity index (χ1) is 15.2. The van der Waals surface area contributed by atoms with Crippen molar-refractivity contribution in [3.63, 3.8) is 0 Å². The maximum absolute atomic E-state index is 15.4. The lowest BCUT2D eigenvalue weighted by Gasteiger charge is -2.35. The van der Waals surface area contributed by atoms with Gasteiger partial charge in [-0.05, 0) is 44.4 Å². The second kappa shape index (κ2) is 8.51. The van der Waals surface area contributed by atoms with Crippen LogP contribution in [0, 0.1) is 0 Å². The SMILES string of the molecule is CC1c2cc(C(C)(C)C)c(C(C)(C)C)cc2OP(F)Oc2c1cc(C(C)(C)C)cc2C(C)(C)C. The molecule has 4 heteroatoms. The molecule has 2 aromatic rings. The summed E-state index contributed by atoms with van der Waals surface area (Å²) in [5, 5.41) is 0. The molecule has 0 N–H and O–H groups in total. The molecule has 0 aliphatic carbocycles. The highest BCUT2D eigenvalue weighted by Crippen LogP contribution is 2.54. The highest BCUT2D eigenvalue weighted by atomic mass is 31.2. The van der Waals surface area contributed by atoms with Crippen molar-refractivity contribution in [2.75, 3.05) is 0 Å². The van der Waals surface area contributed by atoms with E-state index in [1.807, 2.05) is 0 Å². The summed E-state index contributed by atoms with van der Waals surface area (Å²) in [5.41, 5.74) is 6.42. The third-order valence-electron chi connectivity index (χ3n) is 6.82. The second-order valence-electron chi connectivity index (χ2n) is 14.0. The molecule has 2 atom stereocenters. The van der Waals surface area contributed by atoms with Gasteiger partial charge in [-0.25, -0.2) is 0 Å². The molecule has 2 unspecified atom stereocenters. The van der Waals surface area contributed by atoms with Gasteiger partial charge in [0, 0.05) is 22.6 Å². The smallest absolute Gasteiger partial charge is 0.414 e. The van der Waals surface area contributed by atoms with Gasteiger partial charge >= 0.3 is 8.69 Å². The molecule has 0 spiro atoms. The number of benzene rings is 2. The fourth-order valence-electron chi connectivity index (χ4n) is 4.66. The Morgan fingerprint density at radius 2 is 1.12 bits per heavy atom. The fraction of sp³-hybridized carbons (Fsp3) is 0.600. The zero-order valence-corrected chi connectivity index (χ0v) is 24.4. The van der Waals surface area contributed by atoms with Crippen LogP contribution >= 0.6 is 8.69 Å². The summed E-state index contributed by atoms with van der Waals surface area (Å²) < 4.78 is 27.3. The average Bonchev–Trinajstić information content (AvgIpc) is 2.62. The lowest BCUT2D eigenvalue weighted by atomic mass is 9.72. The van der Waals surface area contributed by atoms with E-state index in [1.54, 1.807) is 0 Å². The van der Waals surface area contributed by atoms with Crippen LogP contribution in [0.3, 0.4) is 0 Å². The minimum Gasteiger partial charge on any atom is -0.414 e. The number of hydrogen-bond donors (Lipinski definition) is 0. The van der Waals surface area contributed by atoms with Crippen LogP contribution in [0.15, 0.2) is 24.3 Å². The molecule has 0 radical (unpaired) electrons. The predicted octanol–water partition coefficient (Wildman–Crippen LogP) is 10.00. The second-order valence-corrected chi connectivity index (χ2v) is 14.8. The third-order valence-corrected chi connectivity index (χ3v) is 7.49. The molecule has 2 aromatic carbocycles. The topological polar surface area (TPSA) is 18.5 Å². The molecule has 188 valence electrons. The Morgan fingerprint density at radius 3 is 1.59 bits per heavy atom. The molecule has 1 heterocycles. The van der Waals surface area contributed by atoms with E-state index in [9.17, 15) is 0 Å².